The number of hydrogen-bond donors (Lipinski definition) is 3. The van der Waals surface area contributed by atoms with Crippen molar-refractivity contribution in [2.45, 2.75) is 0 Å². The Hall–Kier alpha value is -3.92. The van der Waals surface area contributed by atoms with Crippen molar-refractivity contribution in [1.82, 2.24) is 10.3 Å². The largest absolute Gasteiger partial charge is 0.507 e. The Labute approximate surface area is 178 Å². The van der Waals surface area contributed by atoms with Gasteiger partial charge in [-0.25, -0.2) is 5.43 Å². The van der Waals surface area contributed by atoms with Gasteiger partial charge < -0.3 is 24.8 Å². The van der Waals surface area contributed by atoms with Crippen LogP contribution in [0.25, 0.3) is 0 Å². The molecule has 1 saturated heterocycles. The molecular weight excluding hydrogens is 404 g/mol. The van der Waals surface area contributed by atoms with Crippen molar-refractivity contribution in [3.63, 3.8) is 0 Å². The van der Waals surface area contributed by atoms with Crippen LogP contribution in [-0.4, -0.2) is 67.4 Å². The van der Waals surface area contributed by atoms with E-state index in [-0.39, 0.29) is 22.9 Å². The molecule has 2 aromatic rings. The number of carbonyl (C=O) groups is 3. The Balaban J connectivity index is 1.64. The minimum Gasteiger partial charge on any atom is -0.507 e. The summed E-state index contributed by atoms with van der Waals surface area (Å²) in [5.41, 5.74) is 2.87. The second-order valence-electron chi connectivity index (χ2n) is 6.53. The molecule has 3 rings (SSSR count). The number of para-hydroxylation sites is 1. The van der Waals surface area contributed by atoms with Gasteiger partial charge in [0.1, 0.15) is 11.5 Å². The molecular formula is C21H22N4O6. The number of aromatic hydroxyl groups is 1. The van der Waals surface area contributed by atoms with Gasteiger partial charge in [0, 0.05) is 18.7 Å². The van der Waals surface area contributed by atoms with Crippen molar-refractivity contribution in [3.8, 4) is 11.5 Å². The van der Waals surface area contributed by atoms with E-state index in [0.717, 1.165) is 0 Å². The van der Waals surface area contributed by atoms with E-state index in [1.807, 2.05) is 0 Å². The number of hydrazone groups is 1. The molecule has 1 heterocycles. The van der Waals surface area contributed by atoms with Crippen LogP contribution in [0.2, 0.25) is 0 Å². The van der Waals surface area contributed by atoms with Crippen LogP contribution in [0.3, 0.4) is 0 Å². The van der Waals surface area contributed by atoms with Crippen molar-refractivity contribution in [3.05, 3.63) is 53.6 Å². The summed E-state index contributed by atoms with van der Waals surface area (Å²) in [4.78, 5) is 38.7. The number of phenols is 1. The van der Waals surface area contributed by atoms with Crippen molar-refractivity contribution in [2.75, 3.05) is 38.7 Å². The molecule has 3 amide bonds. The van der Waals surface area contributed by atoms with Crippen LogP contribution in [0.5, 0.6) is 11.5 Å². The summed E-state index contributed by atoms with van der Waals surface area (Å²) >= 11 is 0. The molecule has 0 bridgehead atoms. The lowest BCUT2D eigenvalue weighted by atomic mass is 10.1. The predicted octanol–water partition coefficient (Wildman–Crippen LogP) is 0.962. The fourth-order valence-electron chi connectivity index (χ4n) is 2.87. The number of amides is 3. The second-order valence-corrected chi connectivity index (χ2v) is 6.53. The van der Waals surface area contributed by atoms with Gasteiger partial charge in [-0.3, -0.25) is 14.4 Å². The molecule has 10 heteroatoms. The molecule has 162 valence electrons. The van der Waals surface area contributed by atoms with Crippen LogP contribution in [-0.2, 0) is 14.3 Å². The highest BCUT2D eigenvalue weighted by molar-refractivity contribution is 6.40. The molecule has 0 unspecified atom stereocenters. The topological polar surface area (TPSA) is 130 Å². The molecule has 1 aliphatic heterocycles. The standard InChI is InChI=1S/C21H22N4O6/c1-30-15-6-7-18(26)14(12-15)13-22-24-20(28)19(27)23-17-5-3-2-4-16(17)21(29)25-8-10-31-11-9-25/h2-7,12-13,26H,8-11H2,1H3,(H,23,27)(H,24,28)/b22-13+. The van der Waals surface area contributed by atoms with E-state index in [2.05, 4.69) is 15.8 Å². The Morgan fingerprint density at radius 1 is 1.13 bits per heavy atom. The number of anilines is 1. The summed E-state index contributed by atoms with van der Waals surface area (Å²) in [7, 11) is 1.47. The number of benzene rings is 2. The molecule has 3 N–H and O–H groups in total. The first-order valence-electron chi connectivity index (χ1n) is 9.47. The van der Waals surface area contributed by atoms with Gasteiger partial charge >= 0.3 is 11.8 Å². The lowest BCUT2D eigenvalue weighted by Crippen LogP contribution is -2.41. The van der Waals surface area contributed by atoms with Gasteiger partial charge in [-0.2, -0.15) is 5.10 Å². The molecule has 0 saturated carbocycles. The van der Waals surface area contributed by atoms with Gasteiger partial charge in [0.25, 0.3) is 5.91 Å². The Morgan fingerprint density at radius 3 is 2.61 bits per heavy atom. The van der Waals surface area contributed by atoms with Gasteiger partial charge in [0.2, 0.25) is 0 Å². The zero-order valence-corrected chi connectivity index (χ0v) is 16.8. The van der Waals surface area contributed by atoms with Gasteiger partial charge in [-0.05, 0) is 30.3 Å². The number of carbonyl (C=O) groups excluding carboxylic acids is 3. The molecule has 0 radical (unpaired) electrons. The normalized spacial score (nSPS) is 13.6. The maximum Gasteiger partial charge on any atom is 0.329 e. The lowest BCUT2D eigenvalue weighted by Gasteiger charge is -2.27. The minimum absolute atomic E-state index is 0.0706. The first-order valence-corrected chi connectivity index (χ1v) is 9.47. The quantitative estimate of drug-likeness (QED) is 0.371. The van der Waals surface area contributed by atoms with Gasteiger partial charge in [0.15, 0.2) is 0 Å². The molecule has 1 aliphatic rings. The van der Waals surface area contributed by atoms with Crippen LogP contribution in [0.4, 0.5) is 5.69 Å². The fraction of sp³-hybridized carbons (Fsp3) is 0.238. The zero-order chi connectivity index (χ0) is 22.2. The highest BCUT2D eigenvalue weighted by atomic mass is 16.5. The Kier molecular flexibility index (Phi) is 7.17. The number of methoxy groups -OCH3 is 1. The molecule has 10 nitrogen and oxygen atoms in total. The maximum absolute atomic E-state index is 12.7. The van der Waals surface area contributed by atoms with Gasteiger partial charge in [-0.15, -0.1) is 0 Å². The number of phenolic OH excluding ortho intramolecular Hbond substituents is 1. The molecule has 0 aromatic heterocycles. The second kappa shape index (κ2) is 10.2. The Morgan fingerprint density at radius 2 is 1.87 bits per heavy atom. The van der Waals surface area contributed by atoms with Crippen LogP contribution in [0, 0.1) is 0 Å². The molecule has 0 spiro atoms. The third-order valence-electron chi connectivity index (χ3n) is 4.51. The monoisotopic (exact) mass is 426 g/mol. The summed E-state index contributed by atoms with van der Waals surface area (Å²) in [5.74, 6) is -1.86. The summed E-state index contributed by atoms with van der Waals surface area (Å²) < 4.78 is 10.3. The maximum atomic E-state index is 12.7. The predicted molar refractivity (Wildman–Crippen MR) is 112 cm³/mol. The number of morpholine rings is 1. The van der Waals surface area contributed by atoms with E-state index in [0.29, 0.717) is 37.6 Å². The van der Waals surface area contributed by atoms with Crippen LogP contribution in [0.15, 0.2) is 47.6 Å². The average molecular weight is 426 g/mol. The van der Waals surface area contributed by atoms with E-state index < -0.39 is 11.8 Å². The average Bonchev–Trinajstić information content (AvgIpc) is 2.80. The van der Waals surface area contributed by atoms with Crippen molar-refractivity contribution in [1.29, 1.82) is 0 Å². The van der Waals surface area contributed by atoms with Gasteiger partial charge in [0.05, 0.1) is 37.8 Å². The number of nitrogens with zero attached hydrogens (tertiary/aromatic N) is 2. The Bertz CT molecular complexity index is 1000. The van der Waals surface area contributed by atoms with Crippen molar-refractivity contribution in [2.24, 2.45) is 5.10 Å². The SMILES string of the molecule is COc1ccc(O)c(/C=N/NC(=O)C(=O)Nc2ccccc2C(=O)N2CCOCC2)c1. The van der Waals surface area contributed by atoms with Crippen LogP contribution >= 0.6 is 0 Å². The van der Waals surface area contributed by atoms with E-state index in [9.17, 15) is 19.5 Å². The third-order valence-corrected chi connectivity index (χ3v) is 4.51. The van der Waals surface area contributed by atoms with Crippen LogP contribution in [0.1, 0.15) is 15.9 Å². The highest BCUT2D eigenvalue weighted by Gasteiger charge is 2.22. The fourth-order valence-corrected chi connectivity index (χ4v) is 2.87. The molecule has 2 aromatic carbocycles. The van der Waals surface area contributed by atoms with E-state index in [1.165, 1.54) is 31.5 Å². The summed E-state index contributed by atoms with van der Waals surface area (Å²) in [6, 6.07) is 10.9. The lowest BCUT2D eigenvalue weighted by molar-refractivity contribution is -0.136. The van der Waals surface area contributed by atoms with E-state index >= 15 is 0 Å². The smallest absolute Gasteiger partial charge is 0.329 e. The number of nitrogens with one attached hydrogen (secondary N) is 2. The summed E-state index contributed by atoms with van der Waals surface area (Å²) in [5, 5.41) is 15.9. The molecule has 1 fully saturated rings. The number of ether oxygens (including phenoxy) is 2. The van der Waals surface area contributed by atoms with E-state index in [4.69, 9.17) is 9.47 Å². The first kappa shape index (κ1) is 21.8. The molecule has 31 heavy (non-hydrogen) atoms. The summed E-state index contributed by atoms with van der Waals surface area (Å²) in [6.07, 6.45) is 1.18. The van der Waals surface area contributed by atoms with E-state index in [1.54, 1.807) is 29.2 Å². The molecule has 0 atom stereocenters. The number of rotatable bonds is 5. The van der Waals surface area contributed by atoms with Crippen LogP contribution < -0.4 is 15.5 Å². The minimum atomic E-state index is -1.03. The van der Waals surface area contributed by atoms with Crippen molar-refractivity contribution >= 4 is 29.6 Å². The third kappa shape index (κ3) is 5.58. The summed E-state index contributed by atoms with van der Waals surface area (Å²) in [6.45, 7) is 1.80. The number of hydrogen-bond acceptors (Lipinski definition) is 7. The first-order chi connectivity index (χ1) is 15.0. The van der Waals surface area contributed by atoms with Crippen molar-refractivity contribution < 1.29 is 29.0 Å². The molecule has 0 aliphatic carbocycles. The zero-order valence-electron chi connectivity index (χ0n) is 16.8. The van der Waals surface area contributed by atoms with Gasteiger partial charge in [-0.1, -0.05) is 12.1 Å². The highest BCUT2D eigenvalue weighted by Crippen LogP contribution is 2.21.